The number of aromatic amines is 1. The van der Waals surface area contributed by atoms with Gasteiger partial charge in [0.2, 0.25) is 0 Å². The SMILES string of the molecule is CC(c1cncc(F)c1)n1nc(C#N)c2c(=O)[nH]c([C@H]3CC[C@@H]3c3ncccn3)nc21. The van der Waals surface area contributed by atoms with E-state index in [1.54, 1.807) is 25.4 Å². The van der Waals surface area contributed by atoms with Gasteiger partial charge in [0.15, 0.2) is 11.3 Å². The van der Waals surface area contributed by atoms with Gasteiger partial charge in [-0.25, -0.2) is 24.0 Å². The molecule has 9 nitrogen and oxygen atoms in total. The molecule has 0 radical (unpaired) electrons. The zero-order valence-electron chi connectivity index (χ0n) is 16.5. The second-order valence-corrected chi connectivity index (χ2v) is 7.56. The van der Waals surface area contributed by atoms with Gasteiger partial charge in [0.1, 0.15) is 28.9 Å². The van der Waals surface area contributed by atoms with Gasteiger partial charge in [-0.2, -0.15) is 10.4 Å². The Balaban J connectivity index is 1.62. The molecular weight excluding hydrogens is 399 g/mol. The van der Waals surface area contributed by atoms with E-state index in [9.17, 15) is 14.4 Å². The van der Waals surface area contributed by atoms with E-state index >= 15 is 0 Å². The summed E-state index contributed by atoms with van der Waals surface area (Å²) in [6.07, 6.45) is 7.75. The molecule has 154 valence electrons. The summed E-state index contributed by atoms with van der Waals surface area (Å²) in [6, 6.07) is 4.58. The Hall–Kier alpha value is -4.00. The molecule has 0 saturated heterocycles. The van der Waals surface area contributed by atoms with Crippen molar-refractivity contribution in [3.63, 3.8) is 0 Å². The summed E-state index contributed by atoms with van der Waals surface area (Å²) in [4.78, 5) is 33.0. The van der Waals surface area contributed by atoms with Crippen LogP contribution in [0, 0.1) is 17.1 Å². The Morgan fingerprint density at radius 2 is 2.03 bits per heavy atom. The third kappa shape index (κ3) is 3.15. The molecule has 4 aromatic rings. The van der Waals surface area contributed by atoms with Gasteiger partial charge in [-0.05, 0) is 37.5 Å². The molecule has 1 unspecified atom stereocenters. The van der Waals surface area contributed by atoms with Gasteiger partial charge in [0.05, 0.1) is 12.2 Å². The smallest absolute Gasteiger partial charge is 0.263 e. The lowest BCUT2D eigenvalue weighted by atomic mass is 9.72. The maximum absolute atomic E-state index is 13.7. The summed E-state index contributed by atoms with van der Waals surface area (Å²) in [7, 11) is 0. The summed E-state index contributed by atoms with van der Waals surface area (Å²) in [5.41, 5.74) is 0.387. The van der Waals surface area contributed by atoms with Crippen LogP contribution in [0.5, 0.6) is 0 Å². The molecule has 3 atom stereocenters. The first-order chi connectivity index (χ1) is 15.1. The van der Waals surface area contributed by atoms with E-state index in [0.29, 0.717) is 17.2 Å². The Morgan fingerprint density at radius 3 is 2.71 bits per heavy atom. The molecule has 0 amide bonds. The number of nitrogens with one attached hydrogen (secondary N) is 1. The highest BCUT2D eigenvalue weighted by Crippen LogP contribution is 2.46. The van der Waals surface area contributed by atoms with E-state index in [2.05, 4.69) is 25.0 Å². The van der Waals surface area contributed by atoms with Crippen LogP contribution in [0.25, 0.3) is 11.0 Å². The normalized spacial score (nSPS) is 19.0. The van der Waals surface area contributed by atoms with Crippen molar-refractivity contribution in [3.8, 4) is 6.07 Å². The van der Waals surface area contributed by atoms with E-state index in [4.69, 9.17) is 4.98 Å². The predicted octanol–water partition coefficient (Wildman–Crippen LogP) is 2.59. The molecule has 1 aliphatic rings. The molecule has 4 aromatic heterocycles. The molecular formula is C21H17FN8O. The van der Waals surface area contributed by atoms with Gasteiger partial charge < -0.3 is 4.98 Å². The Labute approximate surface area is 175 Å². The Bertz CT molecular complexity index is 1370. The number of halogens is 1. The highest BCUT2D eigenvalue weighted by Gasteiger charge is 2.37. The quantitative estimate of drug-likeness (QED) is 0.542. The van der Waals surface area contributed by atoms with Crippen LogP contribution < -0.4 is 5.56 Å². The fourth-order valence-corrected chi connectivity index (χ4v) is 4.02. The molecule has 0 bridgehead atoms. The largest absolute Gasteiger partial charge is 0.310 e. The fraction of sp³-hybridized carbons (Fsp3) is 0.286. The number of fused-ring (bicyclic) bond motifs is 1. The van der Waals surface area contributed by atoms with Gasteiger partial charge in [-0.15, -0.1) is 0 Å². The number of aromatic nitrogens is 7. The van der Waals surface area contributed by atoms with Crippen LogP contribution in [-0.4, -0.2) is 34.7 Å². The summed E-state index contributed by atoms with van der Waals surface area (Å²) in [5.74, 6) is 0.759. The molecule has 1 N–H and O–H groups in total. The second-order valence-electron chi connectivity index (χ2n) is 7.56. The van der Waals surface area contributed by atoms with Gasteiger partial charge in [0, 0.05) is 30.4 Å². The number of nitrogens with zero attached hydrogens (tertiary/aromatic N) is 7. The van der Waals surface area contributed by atoms with E-state index in [1.807, 2.05) is 6.07 Å². The van der Waals surface area contributed by atoms with Gasteiger partial charge in [0.25, 0.3) is 5.56 Å². The molecule has 0 aromatic carbocycles. The molecule has 4 heterocycles. The lowest BCUT2D eigenvalue weighted by Gasteiger charge is -2.34. The number of nitriles is 1. The molecule has 1 aliphatic carbocycles. The zero-order chi connectivity index (χ0) is 21.5. The van der Waals surface area contributed by atoms with Gasteiger partial charge >= 0.3 is 0 Å². The third-order valence-corrected chi connectivity index (χ3v) is 5.80. The number of H-pyrrole nitrogens is 1. The minimum Gasteiger partial charge on any atom is -0.310 e. The van der Waals surface area contributed by atoms with Crippen molar-refractivity contribution in [2.75, 3.05) is 0 Å². The molecule has 1 fully saturated rings. The third-order valence-electron chi connectivity index (χ3n) is 5.80. The number of hydrogen-bond donors (Lipinski definition) is 1. The van der Waals surface area contributed by atoms with Gasteiger partial charge in [-0.1, -0.05) is 0 Å². The van der Waals surface area contributed by atoms with Crippen LogP contribution in [-0.2, 0) is 0 Å². The zero-order valence-corrected chi connectivity index (χ0v) is 16.5. The topological polar surface area (TPSA) is 126 Å². The van der Waals surface area contributed by atoms with Crippen molar-refractivity contribution in [1.82, 2.24) is 34.7 Å². The minimum atomic E-state index is -0.482. The summed E-state index contributed by atoms with van der Waals surface area (Å²) in [6.45, 7) is 1.79. The average Bonchev–Trinajstić information content (AvgIpc) is 3.12. The van der Waals surface area contributed by atoms with Crippen molar-refractivity contribution in [1.29, 1.82) is 5.26 Å². The van der Waals surface area contributed by atoms with E-state index in [-0.39, 0.29) is 28.6 Å². The Morgan fingerprint density at radius 1 is 1.26 bits per heavy atom. The van der Waals surface area contributed by atoms with Crippen LogP contribution in [0.15, 0.2) is 41.7 Å². The van der Waals surface area contributed by atoms with E-state index in [0.717, 1.165) is 19.0 Å². The number of pyridine rings is 1. The number of hydrogen-bond acceptors (Lipinski definition) is 7. The molecule has 1 saturated carbocycles. The maximum atomic E-state index is 13.7. The van der Waals surface area contributed by atoms with Crippen LogP contribution in [0.4, 0.5) is 4.39 Å². The van der Waals surface area contributed by atoms with Crippen molar-refractivity contribution in [3.05, 3.63) is 76.0 Å². The molecule has 10 heteroatoms. The van der Waals surface area contributed by atoms with Crippen molar-refractivity contribution in [2.24, 2.45) is 0 Å². The number of rotatable bonds is 4. The summed E-state index contributed by atoms with van der Waals surface area (Å²) >= 11 is 0. The van der Waals surface area contributed by atoms with Crippen molar-refractivity contribution < 1.29 is 4.39 Å². The fourth-order valence-electron chi connectivity index (χ4n) is 4.02. The van der Waals surface area contributed by atoms with Crippen molar-refractivity contribution in [2.45, 2.75) is 37.6 Å². The molecule has 0 spiro atoms. The van der Waals surface area contributed by atoms with Crippen LogP contribution in [0.1, 0.15) is 60.5 Å². The molecule has 5 rings (SSSR count). The lowest BCUT2D eigenvalue weighted by molar-refractivity contribution is 0.319. The molecule has 0 aliphatic heterocycles. The first-order valence-electron chi connectivity index (χ1n) is 9.86. The first kappa shape index (κ1) is 19.0. The summed E-state index contributed by atoms with van der Waals surface area (Å²) in [5, 5.41) is 13.9. The van der Waals surface area contributed by atoms with Crippen LogP contribution in [0.3, 0.4) is 0 Å². The average molecular weight is 416 g/mol. The van der Waals surface area contributed by atoms with Gasteiger partial charge in [-0.3, -0.25) is 9.78 Å². The van der Waals surface area contributed by atoms with E-state index < -0.39 is 17.4 Å². The first-order valence-corrected chi connectivity index (χ1v) is 9.86. The van der Waals surface area contributed by atoms with E-state index in [1.165, 1.54) is 16.9 Å². The summed E-state index contributed by atoms with van der Waals surface area (Å²) < 4.78 is 15.2. The predicted molar refractivity (Wildman–Crippen MR) is 108 cm³/mol. The van der Waals surface area contributed by atoms with Crippen LogP contribution >= 0.6 is 0 Å². The highest BCUT2D eigenvalue weighted by atomic mass is 19.1. The highest BCUT2D eigenvalue weighted by molar-refractivity contribution is 5.80. The second kappa shape index (κ2) is 7.36. The Kier molecular flexibility index (Phi) is 4.51. The standard InChI is InChI=1S/C21H17FN8O/c1-11(12-7-13(22)10-24-9-12)30-20-17(16(8-23)29-30)21(31)28-19(27-20)15-4-3-14(15)18-25-5-2-6-26-18/h2,5-7,9-11,14-15H,3-4H2,1H3,(H,27,28,31)/t11?,14-,15-/m0/s1. The molecule has 31 heavy (non-hydrogen) atoms. The van der Waals surface area contributed by atoms with Crippen LogP contribution in [0.2, 0.25) is 0 Å². The lowest BCUT2D eigenvalue weighted by Crippen LogP contribution is -2.28. The van der Waals surface area contributed by atoms with Crippen molar-refractivity contribution >= 4 is 11.0 Å². The minimum absolute atomic E-state index is 0.0249. The monoisotopic (exact) mass is 416 g/mol. The maximum Gasteiger partial charge on any atom is 0.263 e.